The summed E-state index contributed by atoms with van der Waals surface area (Å²) in [4.78, 5) is 11.2. The number of hydrogen-bond donors (Lipinski definition) is 1. The van der Waals surface area contributed by atoms with Crippen LogP contribution in [0.3, 0.4) is 0 Å². The minimum atomic E-state index is -4.18. The van der Waals surface area contributed by atoms with Crippen molar-refractivity contribution in [3.05, 3.63) is 12.7 Å². The second-order valence-corrected chi connectivity index (χ2v) is 7.66. The van der Waals surface area contributed by atoms with Crippen molar-refractivity contribution in [2.75, 3.05) is 31.9 Å². The van der Waals surface area contributed by atoms with Crippen molar-refractivity contribution >= 4 is 16.0 Å². The molecule has 0 aromatic carbocycles. The summed E-state index contributed by atoms with van der Waals surface area (Å²) in [6, 6.07) is 0.105. The predicted molar refractivity (Wildman–Crippen MR) is 91.9 cm³/mol. The van der Waals surface area contributed by atoms with E-state index in [1.807, 2.05) is 6.92 Å². The predicted octanol–water partition coefficient (Wildman–Crippen LogP) is 1.64. The molecule has 0 aliphatic heterocycles. The van der Waals surface area contributed by atoms with Crippen LogP contribution in [-0.4, -0.2) is 61.3 Å². The molecule has 0 aromatic rings. The maximum Gasteiger partial charge on any atom is 0.243 e. The van der Waals surface area contributed by atoms with Crippen molar-refractivity contribution in [2.45, 2.75) is 52.5 Å². The third kappa shape index (κ3) is 9.07. The normalized spacial score (nSPS) is 13.6. The molecule has 23 heavy (non-hydrogen) atoms. The fraction of sp³-hybridized carbons (Fsp3) is 0.812. The summed E-state index contributed by atoms with van der Waals surface area (Å²) in [5.74, 6) is -0.492. The van der Waals surface area contributed by atoms with Crippen molar-refractivity contribution < 1.29 is 22.2 Å². The molecule has 1 atom stereocenters. The monoisotopic (exact) mass is 348 g/mol. The molecule has 0 saturated carbocycles. The molecule has 0 aliphatic carbocycles. The standard InChI is InChI=1S/C16H32N2O4S/c1-5-11-18(12-6-2,13-8-10-17-16(19)7-3)15(4)9-14-23(20,21)22/h7,15H,3,5-6,8-14H2,1-2,4H3,(H-,17,19,20,21,22). The van der Waals surface area contributed by atoms with Crippen molar-refractivity contribution in [1.82, 2.24) is 5.32 Å². The number of nitrogens with zero attached hydrogens (tertiary/aromatic N) is 1. The molecule has 7 heteroatoms. The van der Waals surface area contributed by atoms with Gasteiger partial charge in [-0.15, -0.1) is 0 Å². The highest BCUT2D eigenvalue weighted by Crippen LogP contribution is 2.20. The molecule has 0 aliphatic rings. The Bertz CT molecular complexity index is 457. The van der Waals surface area contributed by atoms with Gasteiger partial charge in [-0.05, 0) is 25.8 Å². The molecule has 1 unspecified atom stereocenters. The molecule has 0 spiro atoms. The van der Waals surface area contributed by atoms with Crippen molar-refractivity contribution in [3.63, 3.8) is 0 Å². The minimum Gasteiger partial charge on any atom is -0.748 e. The molecule has 1 N–H and O–H groups in total. The molecular weight excluding hydrogens is 316 g/mol. The lowest BCUT2D eigenvalue weighted by Crippen LogP contribution is -2.56. The van der Waals surface area contributed by atoms with Crippen LogP contribution >= 0.6 is 0 Å². The van der Waals surface area contributed by atoms with Crippen LogP contribution in [0.1, 0.15) is 46.5 Å². The summed E-state index contributed by atoms with van der Waals surface area (Å²) >= 11 is 0. The van der Waals surface area contributed by atoms with Crippen LogP contribution in [0, 0.1) is 0 Å². The summed E-state index contributed by atoms with van der Waals surface area (Å²) in [5.41, 5.74) is 0. The molecule has 6 nitrogen and oxygen atoms in total. The Morgan fingerprint density at radius 3 is 2.26 bits per heavy atom. The first-order chi connectivity index (χ1) is 10.7. The first-order valence-corrected chi connectivity index (χ1v) is 9.98. The third-order valence-electron chi connectivity index (χ3n) is 4.32. The van der Waals surface area contributed by atoms with Crippen molar-refractivity contribution in [3.8, 4) is 0 Å². The van der Waals surface area contributed by atoms with E-state index in [-0.39, 0.29) is 17.7 Å². The lowest BCUT2D eigenvalue weighted by Gasteiger charge is -2.44. The Labute approximate surface area is 141 Å². The molecule has 136 valence electrons. The minimum absolute atomic E-state index is 0.105. The largest absolute Gasteiger partial charge is 0.748 e. The van der Waals surface area contributed by atoms with Gasteiger partial charge >= 0.3 is 0 Å². The van der Waals surface area contributed by atoms with E-state index >= 15 is 0 Å². The number of quaternary nitrogens is 1. The smallest absolute Gasteiger partial charge is 0.243 e. The Morgan fingerprint density at radius 2 is 1.83 bits per heavy atom. The molecular formula is C16H32N2O4S. The van der Waals surface area contributed by atoms with E-state index in [4.69, 9.17) is 0 Å². The fourth-order valence-electron chi connectivity index (χ4n) is 3.15. The van der Waals surface area contributed by atoms with Crippen LogP contribution in [0.15, 0.2) is 12.7 Å². The molecule has 0 bridgehead atoms. The maximum atomic E-state index is 11.2. The number of hydrogen-bond acceptors (Lipinski definition) is 4. The van der Waals surface area contributed by atoms with Gasteiger partial charge in [0.05, 0.1) is 35.8 Å². The van der Waals surface area contributed by atoms with Crippen LogP contribution in [0.5, 0.6) is 0 Å². The van der Waals surface area contributed by atoms with Crippen molar-refractivity contribution in [2.24, 2.45) is 0 Å². The summed E-state index contributed by atoms with van der Waals surface area (Å²) in [6.07, 6.45) is 4.43. The van der Waals surface area contributed by atoms with Gasteiger partial charge in [0.1, 0.15) is 0 Å². The van der Waals surface area contributed by atoms with Gasteiger partial charge < -0.3 is 14.4 Å². The zero-order chi connectivity index (χ0) is 17.9. The molecule has 1 amide bonds. The first-order valence-electron chi connectivity index (χ1n) is 8.40. The topological polar surface area (TPSA) is 86.3 Å². The Hall–Kier alpha value is -0.920. The van der Waals surface area contributed by atoms with Crippen molar-refractivity contribution in [1.29, 1.82) is 0 Å². The van der Waals surface area contributed by atoms with Gasteiger partial charge in [0, 0.05) is 25.1 Å². The van der Waals surface area contributed by atoms with Gasteiger partial charge in [-0.1, -0.05) is 20.4 Å². The number of carbonyl (C=O) groups excluding carboxylic acids is 1. The molecule has 0 saturated heterocycles. The SMILES string of the molecule is C=CC(=O)NCCC[N+](CCC)(CCC)C(C)CCS(=O)(=O)[O-]. The second-order valence-electron chi connectivity index (χ2n) is 6.14. The zero-order valence-electron chi connectivity index (χ0n) is 14.7. The highest BCUT2D eigenvalue weighted by molar-refractivity contribution is 7.85. The van der Waals surface area contributed by atoms with E-state index in [1.165, 1.54) is 6.08 Å². The van der Waals surface area contributed by atoms with Crippen LogP contribution < -0.4 is 5.32 Å². The van der Waals surface area contributed by atoms with Gasteiger partial charge in [0.25, 0.3) is 0 Å². The summed E-state index contributed by atoms with van der Waals surface area (Å²) in [6.45, 7) is 13.0. The molecule has 0 rings (SSSR count). The zero-order valence-corrected chi connectivity index (χ0v) is 15.5. The van der Waals surface area contributed by atoms with Gasteiger partial charge in [0.15, 0.2) is 0 Å². The summed E-state index contributed by atoms with van der Waals surface area (Å²) in [7, 11) is -4.18. The molecule has 0 radical (unpaired) electrons. The van der Waals surface area contributed by atoms with E-state index in [9.17, 15) is 17.8 Å². The van der Waals surface area contributed by atoms with Crippen LogP contribution in [0.2, 0.25) is 0 Å². The summed E-state index contributed by atoms with van der Waals surface area (Å²) in [5, 5.41) is 2.77. The lowest BCUT2D eigenvalue weighted by molar-refractivity contribution is -0.949. The van der Waals surface area contributed by atoms with Gasteiger partial charge in [0.2, 0.25) is 5.91 Å². The van der Waals surface area contributed by atoms with E-state index in [0.717, 1.165) is 43.4 Å². The van der Waals surface area contributed by atoms with E-state index in [0.29, 0.717) is 13.0 Å². The van der Waals surface area contributed by atoms with Crippen LogP contribution in [0.25, 0.3) is 0 Å². The van der Waals surface area contributed by atoms with Crippen LogP contribution in [0.4, 0.5) is 0 Å². The Balaban J connectivity index is 4.84. The maximum absolute atomic E-state index is 11.2. The highest BCUT2D eigenvalue weighted by Gasteiger charge is 2.32. The fourth-order valence-corrected chi connectivity index (χ4v) is 3.78. The lowest BCUT2D eigenvalue weighted by atomic mass is 10.1. The number of rotatable bonds is 13. The Morgan fingerprint density at radius 1 is 1.26 bits per heavy atom. The van der Waals surface area contributed by atoms with Gasteiger partial charge in [-0.3, -0.25) is 4.79 Å². The second kappa shape index (κ2) is 10.8. The third-order valence-corrected chi connectivity index (χ3v) is 5.06. The van der Waals surface area contributed by atoms with E-state index < -0.39 is 10.1 Å². The van der Waals surface area contributed by atoms with Gasteiger partial charge in [-0.2, -0.15) is 0 Å². The highest BCUT2D eigenvalue weighted by atomic mass is 32.2. The molecule has 0 heterocycles. The number of amides is 1. The average molecular weight is 349 g/mol. The average Bonchev–Trinajstić information content (AvgIpc) is 2.48. The molecule has 0 fully saturated rings. The summed E-state index contributed by atoms with van der Waals surface area (Å²) < 4.78 is 33.6. The number of nitrogens with one attached hydrogen (secondary N) is 1. The van der Waals surface area contributed by atoms with E-state index in [2.05, 4.69) is 25.7 Å². The van der Waals surface area contributed by atoms with Crippen LogP contribution in [-0.2, 0) is 14.9 Å². The molecule has 0 aromatic heterocycles. The Kier molecular flexibility index (Phi) is 10.3. The number of carbonyl (C=O) groups is 1. The van der Waals surface area contributed by atoms with E-state index in [1.54, 1.807) is 0 Å². The van der Waals surface area contributed by atoms with Gasteiger partial charge in [-0.25, -0.2) is 8.42 Å². The quantitative estimate of drug-likeness (QED) is 0.237. The first kappa shape index (κ1) is 22.1.